The molecule has 47 heavy (non-hydrogen) atoms. The number of aromatic nitrogens is 1. The summed E-state index contributed by atoms with van der Waals surface area (Å²) in [6.45, 7) is 5.63. The van der Waals surface area contributed by atoms with Gasteiger partial charge in [0.2, 0.25) is 11.8 Å². The number of unbranched alkanes of at least 4 members (excludes halogenated alkanes) is 2. The van der Waals surface area contributed by atoms with Crippen molar-refractivity contribution in [3.8, 4) is 5.75 Å². The molecule has 2 fully saturated rings. The fourth-order valence-corrected chi connectivity index (χ4v) is 7.99. The Hall–Kier alpha value is -3.47. The van der Waals surface area contributed by atoms with E-state index in [2.05, 4.69) is 27.0 Å². The maximum absolute atomic E-state index is 12.6. The van der Waals surface area contributed by atoms with Crippen molar-refractivity contribution in [3.05, 3.63) is 29.8 Å². The number of aryl methyl sites for hydroxylation is 2. The summed E-state index contributed by atoms with van der Waals surface area (Å²) >= 11 is 4.74. The summed E-state index contributed by atoms with van der Waals surface area (Å²) in [5, 5.41) is 19.1. The lowest BCUT2D eigenvalue weighted by molar-refractivity contribution is -0.138. The number of fused-ring (bicyclic) bond motifs is 1. The Morgan fingerprint density at radius 2 is 1.62 bits per heavy atom. The third-order valence-electron chi connectivity index (χ3n) is 10.5. The number of hydrogen-bond donors (Lipinski definition) is 4. The van der Waals surface area contributed by atoms with Gasteiger partial charge in [0.1, 0.15) is 11.4 Å². The van der Waals surface area contributed by atoms with Crippen LogP contribution in [0.1, 0.15) is 83.1 Å². The van der Waals surface area contributed by atoms with E-state index >= 15 is 0 Å². The number of nitrogens with zero attached hydrogens (tertiary/aromatic N) is 3. The van der Waals surface area contributed by atoms with E-state index in [0.717, 1.165) is 105 Å². The molecule has 256 valence electrons. The lowest BCUT2D eigenvalue weighted by Crippen LogP contribution is -2.38. The van der Waals surface area contributed by atoms with Crippen molar-refractivity contribution in [2.24, 2.45) is 24.8 Å². The number of benzene rings is 1. The summed E-state index contributed by atoms with van der Waals surface area (Å²) in [6, 6.07) is 3.81. The number of aromatic hydroxyl groups is 1. The molecule has 0 atom stereocenters. The quantitative estimate of drug-likeness (QED) is 0.130. The zero-order valence-corrected chi connectivity index (χ0v) is 28.8. The first-order chi connectivity index (χ1) is 22.7. The normalized spacial score (nSPS) is 20.4. The van der Waals surface area contributed by atoms with Crippen molar-refractivity contribution in [1.29, 1.82) is 0 Å². The first kappa shape index (κ1) is 34.9. The van der Waals surface area contributed by atoms with E-state index in [1.165, 1.54) is 22.6 Å². The van der Waals surface area contributed by atoms with E-state index in [-0.39, 0.29) is 35.5 Å². The number of carbonyl (C=O) groups excluding carboxylic acids is 4. The van der Waals surface area contributed by atoms with Crippen molar-refractivity contribution in [1.82, 2.24) is 20.1 Å². The Bertz CT molecular complexity index is 1470. The average molecular weight is 666 g/mol. The molecular formula is C36H51N5O5S. The maximum atomic E-state index is 12.6. The summed E-state index contributed by atoms with van der Waals surface area (Å²) in [5.41, 5.74) is 3.16. The Morgan fingerprint density at radius 3 is 2.30 bits per heavy atom. The summed E-state index contributed by atoms with van der Waals surface area (Å²) in [5.74, 6) is 0.816. The molecule has 0 bridgehead atoms. The zero-order chi connectivity index (χ0) is 33.5. The molecule has 4 amide bonds. The topological polar surface area (TPSA) is 124 Å². The fourth-order valence-electron chi connectivity index (χ4n) is 7.61. The van der Waals surface area contributed by atoms with E-state index in [1.54, 1.807) is 6.07 Å². The highest BCUT2D eigenvalue weighted by Crippen LogP contribution is 2.42. The smallest absolute Gasteiger partial charge is 0.253 e. The Morgan fingerprint density at radius 1 is 0.915 bits per heavy atom. The van der Waals surface area contributed by atoms with Gasteiger partial charge in [0.05, 0.1) is 10.5 Å². The van der Waals surface area contributed by atoms with Crippen LogP contribution in [0.4, 0.5) is 5.69 Å². The van der Waals surface area contributed by atoms with Crippen LogP contribution in [0.15, 0.2) is 29.3 Å². The molecule has 3 aliphatic rings. The average Bonchev–Trinajstić information content (AvgIpc) is 3.52. The van der Waals surface area contributed by atoms with Crippen LogP contribution in [0.3, 0.4) is 0 Å². The van der Waals surface area contributed by atoms with Gasteiger partial charge in [0, 0.05) is 69.6 Å². The molecule has 0 spiro atoms. The van der Waals surface area contributed by atoms with Gasteiger partial charge in [-0.3, -0.25) is 24.1 Å². The molecule has 1 saturated carbocycles. The summed E-state index contributed by atoms with van der Waals surface area (Å²) in [4.78, 5) is 52.2. The Labute approximate surface area is 283 Å². The number of amides is 4. The highest BCUT2D eigenvalue weighted by Gasteiger charge is 2.31. The number of phenols is 1. The molecule has 11 heteroatoms. The lowest BCUT2D eigenvalue weighted by Gasteiger charge is -2.34. The van der Waals surface area contributed by atoms with Gasteiger partial charge in [0.25, 0.3) is 11.8 Å². The molecule has 1 aromatic heterocycles. The first-order valence-electron chi connectivity index (χ1n) is 17.5. The predicted octanol–water partition coefficient (Wildman–Crippen LogP) is 4.87. The number of anilines is 1. The van der Waals surface area contributed by atoms with Crippen molar-refractivity contribution in [2.45, 2.75) is 89.0 Å². The van der Waals surface area contributed by atoms with Crippen LogP contribution in [0.25, 0.3) is 10.9 Å². The molecule has 3 heterocycles. The molecule has 1 saturated heterocycles. The first-order valence-corrected chi connectivity index (χ1v) is 18.0. The predicted molar refractivity (Wildman–Crippen MR) is 187 cm³/mol. The number of carbonyl (C=O) groups is 4. The molecule has 0 radical (unpaired) electrons. The Balaban J connectivity index is 0.910. The van der Waals surface area contributed by atoms with Crippen LogP contribution in [0, 0.1) is 17.8 Å². The van der Waals surface area contributed by atoms with Crippen molar-refractivity contribution in [2.75, 3.05) is 37.6 Å². The zero-order valence-electron chi connectivity index (χ0n) is 27.9. The molecule has 0 unspecified atom stereocenters. The van der Waals surface area contributed by atoms with E-state index in [0.29, 0.717) is 37.7 Å². The molecule has 2 aliphatic heterocycles. The van der Waals surface area contributed by atoms with Gasteiger partial charge in [-0.2, -0.15) is 0 Å². The van der Waals surface area contributed by atoms with Crippen molar-refractivity contribution in [3.63, 3.8) is 0 Å². The molecule has 2 aromatic rings. The van der Waals surface area contributed by atoms with Crippen LogP contribution >= 0.6 is 12.6 Å². The molecule has 1 aliphatic carbocycles. The van der Waals surface area contributed by atoms with E-state index < -0.39 is 0 Å². The van der Waals surface area contributed by atoms with Crippen LogP contribution in [-0.2, 0) is 32.6 Å². The monoisotopic (exact) mass is 665 g/mol. The number of phenolic OH excluding ortho intramolecular Hbond substituents is 1. The third kappa shape index (κ3) is 8.34. The van der Waals surface area contributed by atoms with Crippen LogP contribution < -0.4 is 15.5 Å². The summed E-state index contributed by atoms with van der Waals surface area (Å²) in [7, 11) is 2.01. The van der Waals surface area contributed by atoms with Gasteiger partial charge in [-0.15, -0.1) is 12.6 Å². The molecule has 10 nitrogen and oxygen atoms in total. The van der Waals surface area contributed by atoms with Crippen LogP contribution in [0.5, 0.6) is 5.75 Å². The number of nitrogens with one attached hydrogen (secondary N) is 2. The third-order valence-corrected chi connectivity index (χ3v) is 11.0. The standard InChI is InChI=1S/C36H51N5O5S/c1-3-27-28-12-13-29(42)34(33(28)39(2)36(27)47)40-21-17-24(18-22-40)16-20-37-30(43)7-5-4-6-19-38-35(46)26-10-8-25(9-11-26)23-41-31(44)14-15-32(41)45/h12-15,24-26,42,47H,3-11,16-23H2,1-2H3,(H,37,43)(H,38,46). The van der Waals surface area contributed by atoms with Crippen molar-refractivity contribution >= 4 is 52.8 Å². The largest absolute Gasteiger partial charge is 0.506 e. The molecule has 5 rings (SSSR count). The second-order valence-corrected chi connectivity index (χ2v) is 14.0. The molecular weight excluding hydrogens is 614 g/mol. The minimum absolute atomic E-state index is 0.00662. The van der Waals surface area contributed by atoms with Crippen LogP contribution in [0.2, 0.25) is 0 Å². The minimum atomic E-state index is -0.238. The van der Waals surface area contributed by atoms with Gasteiger partial charge in [-0.1, -0.05) is 13.3 Å². The number of hydrogen-bond acceptors (Lipinski definition) is 7. The number of thiol groups is 1. The highest BCUT2D eigenvalue weighted by molar-refractivity contribution is 7.80. The Kier molecular flexibility index (Phi) is 11.9. The lowest BCUT2D eigenvalue weighted by atomic mass is 9.81. The van der Waals surface area contributed by atoms with Gasteiger partial charge in [-0.05, 0) is 93.7 Å². The van der Waals surface area contributed by atoms with Gasteiger partial charge < -0.3 is 25.2 Å². The second kappa shape index (κ2) is 16.1. The van der Waals surface area contributed by atoms with Gasteiger partial charge in [0.15, 0.2) is 0 Å². The maximum Gasteiger partial charge on any atom is 0.253 e. The highest BCUT2D eigenvalue weighted by atomic mass is 32.1. The number of imide groups is 1. The van der Waals surface area contributed by atoms with E-state index in [4.69, 9.17) is 12.6 Å². The SMILES string of the molecule is CCc1c(S)n(C)c2c(N3CCC(CCNC(=O)CCCCCNC(=O)C4CCC(CN5C(=O)C=CC5=O)CC4)CC3)c(O)ccc12. The van der Waals surface area contributed by atoms with Crippen molar-refractivity contribution < 1.29 is 24.3 Å². The number of piperidine rings is 1. The second-order valence-electron chi connectivity index (χ2n) is 13.6. The molecule has 3 N–H and O–H groups in total. The van der Waals surface area contributed by atoms with E-state index in [1.807, 2.05) is 13.1 Å². The summed E-state index contributed by atoms with van der Waals surface area (Å²) in [6.07, 6.45) is 12.8. The minimum Gasteiger partial charge on any atom is -0.506 e. The van der Waals surface area contributed by atoms with Crippen LogP contribution in [-0.4, -0.2) is 70.9 Å². The van der Waals surface area contributed by atoms with Gasteiger partial charge in [-0.25, -0.2) is 0 Å². The van der Waals surface area contributed by atoms with Gasteiger partial charge >= 0.3 is 0 Å². The van der Waals surface area contributed by atoms with E-state index in [9.17, 15) is 24.3 Å². The number of rotatable bonds is 14. The fraction of sp³-hybridized carbons (Fsp3) is 0.611. The summed E-state index contributed by atoms with van der Waals surface area (Å²) < 4.78 is 2.09. The molecule has 1 aromatic carbocycles.